The van der Waals surface area contributed by atoms with Gasteiger partial charge in [-0.25, -0.2) is 13.8 Å². The molecule has 2 N–H and O–H groups in total. The summed E-state index contributed by atoms with van der Waals surface area (Å²) in [6, 6.07) is 12.4. The van der Waals surface area contributed by atoms with Crippen LogP contribution in [-0.2, 0) is 0 Å². The van der Waals surface area contributed by atoms with E-state index in [-0.39, 0.29) is 5.95 Å². The fourth-order valence-electron chi connectivity index (χ4n) is 2.07. The number of hydrogen-bond acceptors (Lipinski definition) is 4. The van der Waals surface area contributed by atoms with E-state index in [1.54, 1.807) is 18.2 Å². The molecule has 1 aromatic heterocycles. The molecule has 0 aliphatic rings. The molecule has 122 valence electrons. The van der Waals surface area contributed by atoms with Crippen molar-refractivity contribution in [2.45, 2.75) is 6.92 Å². The molecule has 0 spiro atoms. The Labute approximate surface area is 142 Å². The van der Waals surface area contributed by atoms with E-state index < -0.39 is 11.6 Å². The van der Waals surface area contributed by atoms with Gasteiger partial charge < -0.3 is 10.6 Å². The van der Waals surface area contributed by atoms with Gasteiger partial charge >= 0.3 is 0 Å². The molecule has 0 saturated heterocycles. The van der Waals surface area contributed by atoms with Crippen molar-refractivity contribution < 1.29 is 8.78 Å². The van der Waals surface area contributed by atoms with Crippen molar-refractivity contribution >= 4 is 34.7 Å². The highest BCUT2D eigenvalue weighted by atomic mass is 35.5. The molecule has 0 saturated carbocycles. The Morgan fingerprint density at radius 3 is 2.25 bits per heavy atom. The Hall–Kier alpha value is -2.73. The van der Waals surface area contributed by atoms with Gasteiger partial charge in [0, 0.05) is 34.2 Å². The minimum atomic E-state index is -0.938. The molecule has 0 aliphatic carbocycles. The van der Waals surface area contributed by atoms with Crippen LogP contribution in [-0.4, -0.2) is 9.97 Å². The van der Waals surface area contributed by atoms with Crippen LogP contribution in [0.1, 0.15) is 5.69 Å². The minimum absolute atomic E-state index is 0.275. The van der Waals surface area contributed by atoms with Crippen molar-refractivity contribution in [2.75, 3.05) is 10.6 Å². The molecule has 0 fully saturated rings. The van der Waals surface area contributed by atoms with Crippen molar-refractivity contribution in [1.29, 1.82) is 0 Å². The lowest BCUT2D eigenvalue weighted by molar-refractivity contribution is 0.509. The summed E-state index contributed by atoms with van der Waals surface area (Å²) in [5.74, 6) is -1.00. The predicted molar refractivity (Wildman–Crippen MR) is 91.1 cm³/mol. The number of aryl methyl sites for hydroxylation is 1. The first-order valence-electron chi connectivity index (χ1n) is 7.10. The molecule has 7 heteroatoms. The predicted octanol–water partition coefficient (Wildman–Crippen LogP) is 5.20. The van der Waals surface area contributed by atoms with Gasteiger partial charge in [0.25, 0.3) is 0 Å². The summed E-state index contributed by atoms with van der Waals surface area (Å²) >= 11 is 5.86. The third-order valence-electron chi connectivity index (χ3n) is 3.15. The lowest BCUT2D eigenvalue weighted by Crippen LogP contribution is -2.02. The zero-order valence-corrected chi connectivity index (χ0v) is 13.4. The summed E-state index contributed by atoms with van der Waals surface area (Å²) in [6.45, 7) is 1.81. The second-order valence-corrected chi connectivity index (χ2v) is 5.54. The summed E-state index contributed by atoms with van der Waals surface area (Å²) in [4.78, 5) is 8.55. The number of halogens is 3. The summed E-state index contributed by atoms with van der Waals surface area (Å²) in [5.41, 5.74) is 1.89. The van der Waals surface area contributed by atoms with Gasteiger partial charge in [-0.2, -0.15) is 4.98 Å². The Bertz CT molecular complexity index is 869. The molecule has 1 heterocycles. The highest BCUT2D eigenvalue weighted by Gasteiger charge is 2.06. The Morgan fingerprint density at radius 1 is 0.833 bits per heavy atom. The Balaban J connectivity index is 1.82. The van der Waals surface area contributed by atoms with E-state index in [0.717, 1.165) is 17.8 Å². The highest BCUT2D eigenvalue weighted by Crippen LogP contribution is 2.21. The molecule has 0 aliphatic heterocycles. The minimum Gasteiger partial charge on any atom is -0.340 e. The van der Waals surface area contributed by atoms with Crippen molar-refractivity contribution in [3.63, 3.8) is 0 Å². The standard InChI is InChI=1S/C17H13ClF2N4/c1-10-8-16(22-12-4-2-11(18)3-5-12)24-17(21-10)23-13-6-7-14(19)15(20)9-13/h2-9H,1H3,(H2,21,22,23,24). The number of anilines is 4. The molecule has 3 rings (SSSR count). The Kier molecular flexibility index (Phi) is 4.57. The van der Waals surface area contributed by atoms with Crippen LogP contribution >= 0.6 is 11.6 Å². The number of nitrogens with one attached hydrogen (secondary N) is 2. The zero-order valence-electron chi connectivity index (χ0n) is 12.6. The van der Waals surface area contributed by atoms with Gasteiger partial charge in [0.2, 0.25) is 5.95 Å². The monoisotopic (exact) mass is 346 g/mol. The Morgan fingerprint density at radius 2 is 1.54 bits per heavy atom. The van der Waals surface area contributed by atoms with E-state index in [1.807, 2.05) is 19.1 Å². The van der Waals surface area contributed by atoms with Gasteiger partial charge in [-0.05, 0) is 43.3 Å². The quantitative estimate of drug-likeness (QED) is 0.681. The van der Waals surface area contributed by atoms with Gasteiger partial charge in [0.05, 0.1) is 0 Å². The third-order valence-corrected chi connectivity index (χ3v) is 3.40. The molecule has 3 aromatic rings. The molecule has 2 aromatic carbocycles. The maximum Gasteiger partial charge on any atom is 0.229 e. The molecule has 0 atom stereocenters. The van der Waals surface area contributed by atoms with Gasteiger partial charge in [-0.1, -0.05) is 11.6 Å². The fourth-order valence-corrected chi connectivity index (χ4v) is 2.20. The largest absolute Gasteiger partial charge is 0.340 e. The molecule has 0 amide bonds. The topological polar surface area (TPSA) is 49.8 Å². The number of benzene rings is 2. The van der Waals surface area contributed by atoms with E-state index in [4.69, 9.17) is 11.6 Å². The van der Waals surface area contributed by atoms with Crippen molar-refractivity contribution in [2.24, 2.45) is 0 Å². The average molecular weight is 347 g/mol. The van der Waals surface area contributed by atoms with Crippen LogP contribution in [0.2, 0.25) is 5.02 Å². The normalized spacial score (nSPS) is 10.5. The summed E-state index contributed by atoms with van der Waals surface area (Å²) in [5, 5.41) is 6.63. The number of aromatic nitrogens is 2. The maximum absolute atomic E-state index is 13.3. The fraction of sp³-hybridized carbons (Fsp3) is 0.0588. The van der Waals surface area contributed by atoms with Gasteiger partial charge in [0.15, 0.2) is 11.6 Å². The molecule has 4 nitrogen and oxygen atoms in total. The number of rotatable bonds is 4. The van der Waals surface area contributed by atoms with Gasteiger partial charge in [-0.15, -0.1) is 0 Å². The maximum atomic E-state index is 13.3. The van der Waals surface area contributed by atoms with Crippen LogP contribution in [0.25, 0.3) is 0 Å². The molecule has 0 unspecified atom stereocenters. The number of nitrogens with zero attached hydrogens (tertiary/aromatic N) is 2. The lowest BCUT2D eigenvalue weighted by atomic mass is 10.3. The van der Waals surface area contributed by atoms with E-state index in [2.05, 4.69) is 20.6 Å². The van der Waals surface area contributed by atoms with Crippen LogP contribution in [0.4, 0.5) is 31.9 Å². The van der Waals surface area contributed by atoms with E-state index in [1.165, 1.54) is 6.07 Å². The molecule has 0 radical (unpaired) electrons. The SMILES string of the molecule is Cc1cc(Nc2ccc(Cl)cc2)nc(Nc2ccc(F)c(F)c2)n1. The number of hydrogen-bond donors (Lipinski definition) is 2. The summed E-state index contributed by atoms with van der Waals surface area (Å²) in [7, 11) is 0. The van der Waals surface area contributed by atoms with Gasteiger partial charge in [-0.3, -0.25) is 0 Å². The molecular weight excluding hydrogens is 334 g/mol. The molecular formula is C17H13ClF2N4. The van der Waals surface area contributed by atoms with Crippen LogP contribution in [0.3, 0.4) is 0 Å². The van der Waals surface area contributed by atoms with E-state index in [9.17, 15) is 8.78 Å². The molecule has 0 bridgehead atoms. The van der Waals surface area contributed by atoms with Crippen LogP contribution in [0.5, 0.6) is 0 Å². The second-order valence-electron chi connectivity index (χ2n) is 5.10. The molecule has 24 heavy (non-hydrogen) atoms. The smallest absolute Gasteiger partial charge is 0.229 e. The van der Waals surface area contributed by atoms with Gasteiger partial charge in [0.1, 0.15) is 5.82 Å². The van der Waals surface area contributed by atoms with Crippen molar-refractivity contribution in [3.05, 3.63) is 70.9 Å². The lowest BCUT2D eigenvalue weighted by Gasteiger charge is -2.10. The second kappa shape index (κ2) is 6.80. The van der Waals surface area contributed by atoms with Crippen LogP contribution < -0.4 is 10.6 Å². The summed E-state index contributed by atoms with van der Waals surface area (Å²) < 4.78 is 26.3. The first-order chi connectivity index (χ1) is 11.5. The van der Waals surface area contributed by atoms with Crippen LogP contribution in [0, 0.1) is 18.6 Å². The average Bonchev–Trinajstić information content (AvgIpc) is 2.53. The van der Waals surface area contributed by atoms with Crippen LogP contribution in [0.15, 0.2) is 48.5 Å². The first kappa shape index (κ1) is 16.1. The highest BCUT2D eigenvalue weighted by molar-refractivity contribution is 6.30. The van der Waals surface area contributed by atoms with E-state index in [0.29, 0.717) is 22.2 Å². The van der Waals surface area contributed by atoms with E-state index >= 15 is 0 Å². The third kappa shape index (κ3) is 3.97. The summed E-state index contributed by atoms with van der Waals surface area (Å²) in [6.07, 6.45) is 0. The van der Waals surface area contributed by atoms with Crippen molar-refractivity contribution in [1.82, 2.24) is 9.97 Å². The first-order valence-corrected chi connectivity index (χ1v) is 7.48. The zero-order chi connectivity index (χ0) is 17.1. The van der Waals surface area contributed by atoms with Crippen molar-refractivity contribution in [3.8, 4) is 0 Å².